The highest BCUT2D eigenvalue weighted by Gasteiger charge is 2.40. The lowest BCUT2D eigenvalue weighted by Crippen LogP contribution is -2.53. The fourth-order valence-electron chi connectivity index (χ4n) is 1.65. The number of benzene rings is 1. The summed E-state index contributed by atoms with van der Waals surface area (Å²) < 4.78 is 5.63. The van der Waals surface area contributed by atoms with E-state index in [9.17, 15) is 10.1 Å². The van der Waals surface area contributed by atoms with Gasteiger partial charge in [0, 0.05) is 11.2 Å². The molecular weight excluding hydrogens is 253 g/mol. The van der Waals surface area contributed by atoms with Gasteiger partial charge in [0.2, 0.25) is 0 Å². The van der Waals surface area contributed by atoms with E-state index in [1.54, 1.807) is 33.8 Å². The topological polar surface area (TPSA) is 75.7 Å². The van der Waals surface area contributed by atoms with Crippen LogP contribution < -0.4 is 11.2 Å². The van der Waals surface area contributed by atoms with Crippen LogP contribution in [0, 0.1) is 0 Å². The lowest BCUT2D eigenvalue weighted by Gasteiger charge is -2.38. The van der Waals surface area contributed by atoms with E-state index < -0.39 is 18.3 Å². The second kappa shape index (κ2) is 5.76. The largest absolute Gasteiger partial charge is 0.493 e. The van der Waals surface area contributed by atoms with Crippen LogP contribution in [0.3, 0.4) is 0 Å². The molecule has 0 aromatic heterocycles. The lowest BCUT2D eigenvalue weighted by molar-refractivity contribution is -0.0982. The highest BCUT2D eigenvalue weighted by Crippen LogP contribution is 2.26. The zero-order valence-electron chi connectivity index (χ0n) is 13.3. The number of aliphatic hydroxyl groups is 1. The Morgan fingerprint density at radius 2 is 1.75 bits per heavy atom. The molecule has 5 heteroatoms. The zero-order chi connectivity index (χ0) is 15.7. The van der Waals surface area contributed by atoms with E-state index in [0.29, 0.717) is 17.1 Å². The van der Waals surface area contributed by atoms with Crippen LogP contribution >= 0.6 is 0 Å². The maximum absolute atomic E-state index is 10.3. The molecule has 0 heterocycles. The molecule has 0 aliphatic heterocycles. The Bertz CT molecular complexity index is 467. The molecule has 0 fully saturated rings. The van der Waals surface area contributed by atoms with Crippen molar-refractivity contribution in [3.05, 3.63) is 23.8 Å². The molecule has 1 aromatic rings. The molecule has 0 spiro atoms. The summed E-state index contributed by atoms with van der Waals surface area (Å²) in [7, 11) is -1.17. The fourth-order valence-corrected chi connectivity index (χ4v) is 1.65. The van der Waals surface area contributed by atoms with Crippen molar-refractivity contribution in [3.8, 4) is 0 Å². The monoisotopic (exact) mass is 279 g/mol. The summed E-state index contributed by atoms with van der Waals surface area (Å²) in [6, 6.07) is 5.57. The average Bonchev–Trinajstić information content (AvgIpc) is 2.26. The molecule has 0 radical (unpaired) electrons. The Morgan fingerprint density at radius 3 is 2.20 bits per heavy atom. The maximum Gasteiger partial charge on any atom is 0.493 e. The van der Waals surface area contributed by atoms with Gasteiger partial charge in [-0.1, -0.05) is 26.0 Å². The summed E-state index contributed by atoms with van der Waals surface area (Å²) >= 11 is 0. The van der Waals surface area contributed by atoms with Crippen LogP contribution in [0.1, 0.15) is 53.0 Å². The number of hydrogen-bond donors (Lipinski definition) is 3. The number of nitrogens with two attached hydrogens (primary N) is 1. The third-order valence-electron chi connectivity index (χ3n) is 3.92. The Kier molecular flexibility index (Phi) is 4.90. The van der Waals surface area contributed by atoms with E-state index in [4.69, 9.17) is 10.4 Å². The Hall–Kier alpha value is -1.04. The molecule has 0 bridgehead atoms. The number of rotatable bonds is 5. The first-order chi connectivity index (χ1) is 8.95. The summed E-state index contributed by atoms with van der Waals surface area (Å²) in [6.07, 6.45) is 0. The van der Waals surface area contributed by atoms with E-state index in [1.165, 1.54) is 0 Å². The Balaban J connectivity index is 3.04. The van der Waals surface area contributed by atoms with Crippen LogP contribution in [0.2, 0.25) is 0 Å². The van der Waals surface area contributed by atoms with Gasteiger partial charge in [-0.25, -0.2) is 0 Å². The standard InChI is InChI=1S/C15H26BNO3/c1-10(2)11-7-8-13(17)12(9-11)16(19)20-15(5,6)14(3,4)18/h7-10,18-19H,17H2,1-6H3. The van der Waals surface area contributed by atoms with E-state index in [-0.39, 0.29) is 0 Å². The van der Waals surface area contributed by atoms with Gasteiger partial charge in [0.05, 0.1) is 11.2 Å². The van der Waals surface area contributed by atoms with Gasteiger partial charge in [-0.3, -0.25) is 0 Å². The minimum atomic E-state index is -1.17. The van der Waals surface area contributed by atoms with Crippen LogP contribution in [0.15, 0.2) is 18.2 Å². The zero-order valence-corrected chi connectivity index (χ0v) is 13.3. The van der Waals surface area contributed by atoms with Crippen LogP contribution in [-0.4, -0.2) is 28.5 Å². The van der Waals surface area contributed by atoms with Crippen molar-refractivity contribution in [2.75, 3.05) is 5.73 Å². The van der Waals surface area contributed by atoms with Gasteiger partial charge < -0.3 is 20.5 Å². The van der Waals surface area contributed by atoms with E-state index in [2.05, 4.69) is 13.8 Å². The van der Waals surface area contributed by atoms with Crippen molar-refractivity contribution >= 4 is 18.3 Å². The highest BCUT2D eigenvalue weighted by atomic mass is 16.5. The lowest BCUT2D eigenvalue weighted by atomic mass is 9.74. The molecule has 0 unspecified atom stereocenters. The minimum Gasteiger partial charge on any atom is -0.423 e. The van der Waals surface area contributed by atoms with Crippen LogP contribution in [0.25, 0.3) is 0 Å². The van der Waals surface area contributed by atoms with Gasteiger partial charge in [-0.05, 0) is 45.2 Å². The van der Waals surface area contributed by atoms with E-state index >= 15 is 0 Å². The van der Waals surface area contributed by atoms with Gasteiger partial charge in [-0.2, -0.15) is 0 Å². The predicted molar refractivity (Wildman–Crippen MR) is 84.0 cm³/mol. The normalized spacial score (nSPS) is 12.8. The molecule has 112 valence electrons. The summed E-state index contributed by atoms with van der Waals surface area (Å²) in [5.74, 6) is 0.337. The van der Waals surface area contributed by atoms with Crippen molar-refractivity contribution in [1.82, 2.24) is 0 Å². The molecule has 0 amide bonds. The van der Waals surface area contributed by atoms with Crippen molar-refractivity contribution in [2.24, 2.45) is 0 Å². The van der Waals surface area contributed by atoms with Crippen LogP contribution in [0.5, 0.6) is 0 Å². The summed E-state index contributed by atoms with van der Waals surface area (Å²) in [5, 5.41) is 20.4. The maximum atomic E-state index is 10.3. The SMILES string of the molecule is CC(C)c1ccc(N)c(B(O)OC(C)(C)C(C)(C)O)c1. The van der Waals surface area contributed by atoms with Crippen molar-refractivity contribution < 1.29 is 14.8 Å². The average molecular weight is 279 g/mol. The summed E-state index contributed by atoms with van der Waals surface area (Å²) in [5.41, 5.74) is 6.02. The van der Waals surface area contributed by atoms with Gasteiger partial charge >= 0.3 is 7.12 Å². The molecule has 0 aliphatic carbocycles. The Labute approximate surface area is 122 Å². The van der Waals surface area contributed by atoms with Crippen molar-refractivity contribution in [2.45, 2.75) is 58.7 Å². The summed E-state index contributed by atoms with van der Waals surface area (Å²) in [6.45, 7) is 10.9. The van der Waals surface area contributed by atoms with Crippen molar-refractivity contribution in [1.29, 1.82) is 0 Å². The Morgan fingerprint density at radius 1 is 1.20 bits per heavy atom. The van der Waals surface area contributed by atoms with E-state index in [1.807, 2.05) is 12.1 Å². The van der Waals surface area contributed by atoms with Crippen LogP contribution in [0.4, 0.5) is 5.69 Å². The third kappa shape index (κ3) is 3.75. The first-order valence-corrected chi connectivity index (χ1v) is 6.93. The van der Waals surface area contributed by atoms with Gasteiger partial charge in [0.1, 0.15) is 0 Å². The van der Waals surface area contributed by atoms with Crippen molar-refractivity contribution in [3.63, 3.8) is 0 Å². The molecule has 4 nitrogen and oxygen atoms in total. The molecule has 20 heavy (non-hydrogen) atoms. The molecule has 0 aliphatic rings. The summed E-state index contributed by atoms with van der Waals surface area (Å²) in [4.78, 5) is 0. The predicted octanol–water partition coefficient (Wildman–Crippen LogP) is 1.65. The molecule has 4 N–H and O–H groups in total. The molecular formula is C15H26BNO3. The van der Waals surface area contributed by atoms with E-state index in [0.717, 1.165) is 5.56 Å². The molecule has 0 saturated carbocycles. The molecule has 1 rings (SSSR count). The number of nitrogen functional groups attached to an aromatic ring is 1. The number of anilines is 1. The van der Waals surface area contributed by atoms with Gasteiger partial charge in [0.25, 0.3) is 0 Å². The highest BCUT2D eigenvalue weighted by molar-refractivity contribution is 6.62. The second-order valence-corrected chi connectivity index (χ2v) is 6.58. The smallest absolute Gasteiger partial charge is 0.423 e. The van der Waals surface area contributed by atoms with Crippen LogP contribution in [-0.2, 0) is 4.65 Å². The molecule has 1 aromatic carbocycles. The first-order valence-electron chi connectivity index (χ1n) is 6.93. The molecule has 0 saturated heterocycles. The second-order valence-electron chi connectivity index (χ2n) is 6.58. The number of hydrogen-bond acceptors (Lipinski definition) is 4. The van der Waals surface area contributed by atoms with Gasteiger partial charge in [-0.15, -0.1) is 0 Å². The fraction of sp³-hybridized carbons (Fsp3) is 0.600. The first kappa shape index (κ1) is 17.0. The third-order valence-corrected chi connectivity index (χ3v) is 3.92. The minimum absolute atomic E-state index is 0.337. The quantitative estimate of drug-likeness (QED) is 0.566. The van der Waals surface area contributed by atoms with Gasteiger partial charge in [0.15, 0.2) is 0 Å². The molecule has 0 atom stereocenters.